The van der Waals surface area contributed by atoms with Crippen molar-refractivity contribution in [2.75, 3.05) is 20.3 Å². The second-order valence-electron chi connectivity index (χ2n) is 5.51. The third-order valence-corrected chi connectivity index (χ3v) is 3.74. The predicted octanol–water partition coefficient (Wildman–Crippen LogP) is 2.33. The summed E-state index contributed by atoms with van der Waals surface area (Å²) in [5.41, 5.74) is 2.94. The average Bonchev–Trinajstić information content (AvgIpc) is 2.68. The fraction of sp³-hybridized carbons (Fsp3) is 0.211. The number of hydrazone groups is 1. The van der Waals surface area contributed by atoms with Crippen LogP contribution in [0.3, 0.4) is 0 Å². The van der Waals surface area contributed by atoms with Crippen LogP contribution in [0.4, 0.5) is 0 Å². The number of nitrogens with one attached hydrogen (secondary N) is 2. The van der Waals surface area contributed by atoms with Crippen LogP contribution in [0.1, 0.15) is 22.8 Å². The van der Waals surface area contributed by atoms with Crippen molar-refractivity contribution in [1.82, 2.24) is 10.7 Å². The summed E-state index contributed by atoms with van der Waals surface area (Å²) in [5.74, 6) is -0.231. The third kappa shape index (κ3) is 5.88. The Bertz CT molecular complexity index is 886. The van der Waals surface area contributed by atoms with Gasteiger partial charge < -0.3 is 19.9 Å². The Morgan fingerprint density at radius 1 is 1.21 bits per heavy atom. The number of likely N-dealkylation sites (N-methyl/N-ethyl adjacent to an activating group) is 1. The van der Waals surface area contributed by atoms with Gasteiger partial charge in [0.25, 0.3) is 11.8 Å². The van der Waals surface area contributed by atoms with Gasteiger partial charge in [0, 0.05) is 11.6 Å². The van der Waals surface area contributed by atoms with Gasteiger partial charge in [0.15, 0.2) is 18.1 Å². The Labute approximate surface area is 167 Å². The number of methoxy groups -OCH3 is 1. The Morgan fingerprint density at radius 3 is 2.71 bits per heavy atom. The van der Waals surface area contributed by atoms with Crippen molar-refractivity contribution in [3.63, 3.8) is 0 Å². The van der Waals surface area contributed by atoms with Crippen LogP contribution in [-0.4, -0.2) is 43.4 Å². The summed E-state index contributed by atoms with van der Waals surface area (Å²) in [6, 6.07) is 9.08. The first-order valence-electron chi connectivity index (χ1n) is 8.34. The number of nitrogens with zero attached hydrogens (tertiary/aromatic N) is 1. The lowest BCUT2D eigenvalue weighted by Crippen LogP contribution is -2.28. The molecule has 0 heterocycles. The maximum Gasteiger partial charge on any atom is 0.275 e. The van der Waals surface area contributed by atoms with Crippen LogP contribution < -0.4 is 20.2 Å². The molecular weight excluding hydrogens is 386 g/mol. The number of benzene rings is 2. The van der Waals surface area contributed by atoms with Crippen molar-refractivity contribution >= 4 is 29.6 Å². The summed E-state index contributed by atoms with van der Waals surface area (Å²) in [4.78, 5) is 23.5. The van der Waals surface area contributed by atoms with Gasteiger partial charge in [-0.2, -0.15) is 5.10 Å². The minimum Gasteiger partial charge on any atom is -0.507 e. The molecule has 0 saturated heterocycles. The van der Waals surface area contributed by atoms with Crippen LogP contribution in [0.2, 0.25) is 5.02 Å². The largest absolute Gasteiger partial charge is 0.507 e. The molecule has 0 spiro atoms. The summed E-state index contributed by atoms with van der Waals surface area (Å²) >= 11 is 5.82. The second-order valence-corrected chi connectivity index (χ2v) is 5.95. The van der Waals surface area contributed by atoms with Gasteiger partial charge in [-0.1, -0.05) is 11.6 Å². The first kappa shape index (κ1) is 21.0. The zero-order valence-electron chi connectivity index (χ0n) is 15.4. The highest BCUT2D eigenvalue weighted by molar-refractivity contribution is 6.31. The number of phenols is 1. The zero-order chi connectivity index (χ0) is 20.5. The monoisotopic (exact) mass is 405 g/mol. The van der Waals surface area contributed by atoms with E-state index >= 15 is 0 Å². The molecule has 2 rings (SSSR count). The van der Waals surface area contributed by atoms with Gasteiger partial charge in [0.2, 0.25) is 0 Å². The predicted molar refractivity (Wildman–Crippen MR) is 105 cm³/mol. The molecule has 0 saturated carbocycles. The van der Waals surface area contributed by atoms with Crippen molar-refractivity contribution < 1.29 is 24.2 Å². The quantitative estimate of drug-likeness (QED) is 0.461. The molecule has 0 fully saturated rings. The van der Waals surface area contributed by atoms with Crippen molar-refractivity contribution in [3.05, 3.63) is 52.5 Å². The second kappa shape index (κ2) is 10.2. The van der Waals surface area contributed by atoms with Gasteiger partial charge in [-0.3, -0.25) is 9.59 Å². The lowest BCUT2D eigenvalue weighted by molar-refractivity contribution is -0.123. The van der Waals surface area contributed by atoms with E-state index in [2.05, 4.69) is 15.8 Å². The number of rotatable bonds is 8. The van der Waals surface area contributed by atoms with Crippen molar-refractivity contribution in [2.24, 2.45) is 5.10 Å². The van der Waals surface area contributed by atoms with Gasteiger partial charge in [-0.25, -0.2) is 5.43 Å². The average molecular weight is 406 g/mol. The van der Waals surface area contributed by atoms with Crippen molar-refractivity contribution in [1.29, 1.82) is 0 Å². The van der Waals surface area contributed by atoms with Gasteiger partial charge in [0.1, 0.15) is 5.75 Å². The topological polar surface area (TPSA) is 109 Å². The number of carbonyl (C=O) groups excluding carboxylic acids is 2. The van der Waals surface area contributed by atoms with Crippen LogP contribution in [0.5, 0.6) is 17.2 Å². The molecule has 0 aromatic heterocycles. The fourth-order valence-electron chi connectivity index (χ4n) is 2.19. The third-order valence-electron chi connectivity index (χ3n) is 3.50. The summed E-state index contributed by atoms with van der Waals surface area (Å²) in [7, 11) is 1.47. The molecule has 2 amide bonds. The first-order chi connectivity index (χ1) is 13.4. The number of hydrogen-bond donors (Lipinski definition) is 3. The lowest BCUT2D eigenvalue weighted by Gasteiger charge is -2.11. The summed E-state index contributed by atoms with van der Waals surface area (Å²) in [6.07, 6.45) is 1.40. The smallest absolute Gasteiger partial charge is 0.275 e. The SMILES string of the molecule is CCNC(=O)COc1ccc(/C=N\NC(=O)c2cc(Cl)ccc2O)cc1OC. The highest BCUT2D eigenvalue weighted by Gasteiger charge is 2.11. The Kier molecular flexibility index (Phi) is 7.65. The van der Waals surface area contributed by atoms with E-state index in [1.165, 1.54) is 31.5 Å². The molecule has 8 nitrogen and oxygen atoms in total. The number of ether oxygens (including phenoxy) is 2. The van der Waals surface area contributed by atoms with Crippen LogP contribution in [-0.2, 0) is 4.79 Å². The molecule has 0 aliphatic heterocycles. The van der Waals surface area contributed by atoms with Crippen LogP contribution >= 0.6 is 11.6 Å². The minimum atomic E-state index is -0.606. The number of halogens is 1. The molecule has 9 heteroatoms. The van der Waals surface area contributed by atoms with Gasteiger partial charge in [-0.05, 0) is 48.9 Å². The highest BCUT2D eigenvalue weighted by Crippen LogP contribution is 2.27. The van der Waals surface area contributed by atoms with Crippen LogP contribution in [0.15, 0.2) is 41.5 Å². The van der Waals surface area contributed by atoms with Crippen molar-refractivity contribution in [2.45, 2.75) is 6.92 Å². The standard InChI is InChI=1S/C19H20ClN3O5/c1-3-21-18(25)11-28-16-7-4-12(8-17(16)27-2)10-22-23-19(26)14-9-13(20)5-6-15(14)24/h4-10,24H,3,11H2,1-2H3,(H,21,25)(H,23,26)/b22-10-. The maximum atomic E-state index is 12.1. The number of carbonyl (C=O) groups is 2. The van der Waals surface area contributed by atoms with E-state index in [1.54, 1.807) is 18.2 Å². The number of hydrogen-bond acceptors (Lipinski definition) is 6. The molecule has 2 aromatic carbocycles. The molecule has 0 unspecified atom stereocenters. The van der Waals surface area contributed by atoms with Crippen LogP contribution in [0.25, 0.3) is 0 Å². The molecule has 28 heavy (non-hydrogen) atoms. The summed E-state index contributed by atoms with van der Waals surface area (Å²) < 4.78 is 10.7. The number of aromatic hydroxyl groups is 1. The molecule has 0 atom stereocenters. The van der Waals surface area contributed by atoms with E-state index < -0.39 is 5.91 Å². The van der Waals surface area contributed by atoms with E-state index in [0.717, 1.165) is 0 Å². The zero-order valence-corrected chi connectivity index (χ0v) is 16.1. The van der Waals surface area contributed by atoms with E-state index in [-0.39, 0.29) is 23.8 Å². The van der Waals surface area contributed by atoms with E-state index in [1.807, 2.05) is 6.92 Å². The fourth-order valence-corrected chi connectivity index (χ4v) is 2.36. The first-order valence-corrected chi connectivity index (χ1v) is 8.71. The lowest BCUT2D eigenvalue weighted by atomic mass is 10.2. The highest BCUT2D eigenvalue weighted by atomic mass is 35.5. The molecule has 148 valence electrons. The molecule has 2 aromatic rings. The molecule has 0 radical (unpaired) electrons. The number of phenolic OH excluding ortho intramolecular Hbond substituents is 1. The normalized spacial score (nSPS) is 10.5. The Morgan fingerprint density at radius 2 is 2.00 bits per heavy atom. The molecule has 0 aliphatic carbocycles. The van der Waals surface area contributed by atoms with Gasteiger partial charge >= 0.3 is 0 Å². The van der Waals surface area contributed by atoms with E-state index in [4.69, 9.17) is 21.1 Å². The molecule has 0 aliphatic rings. The molecule has 3 N–H and O–H groups in total. The molecular formula is C19H20ClN3O5. The Balaban J connectivity index is 2.02. The van der Waals surface area contributed by atoms with E-state index in [0.29, 0.717) is 28.6 Å². The number of amides is 2. The van der Waals surface area contributed by atoms with Crippen molar-refractivity contribution in [3.8, 4) is 17.2 Å². The van der Waals surface area contributed by atoms with Crippen LogP contribution in [0, 0.1) is 0 Å². The summed E-state index contributed by atoms with van der Waals surface area (Å²) in [6.45, 7) is 2.21. The maximum absolute atomic E-state index is 12.1. The molecule has 0 bridgehead atoms. The van der Waals surface area contributed by atoms with Gasteiger partial charge in [0.05, 0.1) is 18.9 Å². The minimum absolute atomic E-state index is 0.0105. The summed E-state index contributed by atoms with van der Waals surface area (Å²) in [5, 5.41) is 16.5. The Hall–Kier alpha value is -3.26. The van der Waals surface area contributed by atoms with E-state index in [9.17, 15) is 14.7 Å². The van der Waals surface area contributed by atoms with Gasteiger partial charge in [-0.15, -0.1) is 0 Å².